The van der Waals surface area contributed by atoms with Crippen molar-refractivity contribution in [2.45, 2.75) is 48.0 Å². The molecular formula is C8HF15O. The number of rotatable bonds is 0. The zero-order valence-electron chi connectivity index (χ0n) is 10.2. The summed E-state index contributed by atoms with van der Waals surface area (Å²) in [6.45, 7) is 0. The lowest BCUT2D eigenvalue weighted by atomic mass is 9.92. The molecule has 1 heterocycles. The summed E-state index contributed by atoms with van der Waals surface area (Å²) in [4.78, 5) is 0. The lowest BCUT2D eigenvalue weighted by Gasteiger charge is -2.39. The van der Waals surface area contributed by atoms with Gasteiger partial charge in [0.25, 0.3) is 6.36 Å². The Balaban J connectivity index is 3.91. The van der Waals surface area contributed by atoms with Crippen molar-refractivity contribution in [2.75, 3.05) is 0 Å². The highest BCUT2D eigenvalue weighted by Gasteiger charge is 2.95. The van der Waals surface area contributed by atoms with E-state index in [9.17, 15) is 65.9 Å². The first-order valence-corrected chi connectivity index (χ1v) is 5.09. The molecule has 1 saturated heterocycles. The molecule has 1 aliphatic rings. The Morgan fingerprint density at radius 3 is 1.12 bits per heavy atom. The van der Waals surface area contributed by atoms with Crippen LogP contribution in [0.25, 0.3) is 0 Å². The fourth-order valence-corrected chi connectivity index (χ4v) is 1.40. The zero-order chi connectivity index (χ0) is 19.8. The van der Waals surface area contributed by atoms with Crippen molar-refractivity contribution in [3.8, 4) is 0 Å². The van der Waals surface area contributed by atoms with Crippen LogP contribution in [0.3, 0.4) is 0 Å². The van der Waals surface area contributed by atoms with E-state index in [2.05, 4.69) is 0 Å². The van der Waals surface area contributed by atoms with E-state index in [1.54, 1.807) is 4.74 Å². The van der Waals surface area contributed by atoms with E-state index >= 15 is 0 Å². The van der Waals surface area contributed by atoms with Crippen LogP contribution >= 0.6 is 0 Å². The second-order valence-corrected chi connectivity index (χ2v) is 4.45. The third kappa shape index (κ3) is 2.03. The summed E-state index contributed by atoms with van der Waals surface area (Å²) in [6.07, 6.45) is -13.1. The molecule has 0 radical (unpaired) electrons. The highest BCUT2D eigenvalue weighted by molar-refractivity contribution is 5.14. The number of hydrogen-bond acceptors (Lipinski definition) is 1. The lowest BCUT2D eigenvalue weighted by molar-refractivity contribution is -0.454. The topological polar surface area (TPSA) is 9.23 Å². The Bertz CT molecular complexity index is 508. The van der Waals surface area contributed by atoms with Gasteiger partial charge >= 0.3 is 41.6 Å². The Morgan fingerprint density at radius 2 is 0.750 bits per heavy atom. The third-order valence-corrected chi connectivity index (χ3v) is 2.90. The van der Waals surface area contributed by atoms with Crippen LogP contribution in [-0.4, -0.2) is 48.0 Å². The summed E-state index contributed by atoms with van der Waals surface area (Å²) in [6, 6.07) is 0. The minimum absolute atomic E-state index is 1.72. The summed E-state index contributed by atoms with van der Waals surface area (Å²) in [5.74, 6) is -47.3. The minimum atomic E-state index is -8.17. The Hall–Kier alpha value is -1.09. The molecule has 0 amide bonds. The number of hydrogen-bond donors (Lipinski definition) is 0. The van der Waals surface area contributed by atoms with Crippen LogP contribution in [0, 0.1) is 0 Å². The van der Waals surface area contributed by atoms with E-state index in [0.29, 0.717) is 0 Å². The van der Waals surface area contributed by atoms with Crippen LogP contribution in [0.15, 0.2) is 0 Å². The smallest absolute Gasteiger partial charge is 0.274 e. The third-order valence-electron chi connectivity index (χ3n) is 2.90. The number of alkyl halides is 15. The summed E-state index contributed by atoms with van der Waals surface area (Å²) in [5.41, 5.74) is 0. The number of ether oxygens (including phenoxy) is 1. The van der Waals surface area contributed by atoms with Gasteiger partial charge < -0.3 is 0 Å². The van der Waals surface area contributed by atoms with Crippen molar-refractivity contribution in [1.29, 1.82) is 0 Å². The van der Waals surface area contributed by atoms with Crippen molar-refractivity contribution in [3.63, 3.8) is 0 Å². The lowest BCUT2D eigenvalue weighted by Crippen LogP contribution is -2.72. The molecule has 144 valence electrons. The van der Waals surface area contributed by atoms with Crippen LogP contribution < -0.4 is 0 Å². The molecule has 1 atom stereocenters. The van der Waals surface area contributed by atoms with Crippen molar-refractivity contribution in [2.24, 2.45) is 0 Å². The van der Waals surface area contributed by atoms with E-state index in [0.717, 1.165) is 0 Å². The molecule has 16 heteroatoms. The molecule has 0 aromatic carbocycles. The molecule has 1 nitrogen and oxygen atoms in total. The van der Waals surface area contributed by atoms with Gasteiger partial charge in [0.2, 0.25) is 0 Å². The molecule has 0 aromatic heterocycles. The van der Waals surface area contributed by atoms with Crippen LogP contribution in [0.1, 0.15) is 0 Å². The van der Waals surface area contributed by atoms with Gasteiger partial charge in [0.05, 0.1) is 0 Å². The SMILES string of the molecule is FC1OC(F)(F)C(F)(F)C(F)(F)C(F)(F)C(F)(F)C(F)(F)C1(F)F. The Labute approximate surface area is 120 Å². The molecule has 1 aliphatic heterocycles. The van der Waals surface area contributed by atoms with Gasteiger partial charge in [-0.2, -0.15) is 61.5 Å². The standard InChI is InChI=1S/C8HF15O/c9-1-2(10,11)3(12,13)4(14,15)5(16,17)6(18,19)7(20,21)8(22,23)24-1/h1H. The second kappa shape index (κ2) is 4.75. The van der Waals surface area contributed by atoms with Gasteiger partial charge in [0.1, 0.15) is 0 Å². The largest absolute Gasteiger partial charge is 0.428 e. The molecule has 0 saturated carbocycles. The minimum Gasteiger partial charge on any atom is -0.274 e. The molecule has 0 aromatic rings. The average molecular weight is 398 g/mol. The highest BCUT2D eigenvalue weighted by atomic mass is 19.4. The molecule has 0 N–H and O–H groups in total. The maximum absolute atomic E-state index is 12.9. The average Bonchev–Trinajstić information content (AvgIpc) is 2.35. The van der Waals surface area contributed by atoms with Gasteiger partial charge in [-0.25, -0.2) is 4.39 Å². The fourth-order valence-electron chi connectivity index (χ4n) is 1.40. The summed E-state index contributed by atoms with van der Waals surface area (Å²) in [7, 11) is 0. The van der Waals surface area contributed by atoms with E-state index in [1.165, 1.54) is 0 Å². The molecule has 1 unspecified atom stereocenters. The van der Waals surface area contributed by atoms with Crippen LogP contribution in [0.4, 0.5) is 65.9 Å². The summed E-state index contributed by atoms with van der Waals surface area (Å²) < 4.78 is 194. The van der Waals surface area contributed by atoms with Crippen molar-refractivity contribution < 1.29 is 70.6 Å². The first kappa shape index (κ1) is 21.0. The summed E-state index contributed by atoms with van der Waals surface area (Å²) >= 11 is 0. The number of halogens is 15. The van der Waals surface area contributed by atoms with Crippen molar-refractivity contribution >= 4 is 0 Å². The Kier molecular flexibility index (Phi) is 4.15. The summed E-state index contributed by atoms with van der Waals surface area (Å²) in [5, 5.41) is 0. The van der Waals surface area contributed by atoms with Crippen LogP contribution in [0.2, 0.25) is 0 Å². The van der Waals surface area contributed by atoms with E-state index in [-0.39, 0.29) is 0 Å². The highest BCUT2D eigenvalue weighted by Crippen LogP contribution is 2.64. The first-order chi connectivity index (χ1) is 10.1. The quantitative estimate of drug-likeness (QED) is 0.537. The maximum Gasteiger partial charge on any atom is 0.428 e. The van der Waals surface area contributed by atoms with E-state index in [1.807, 2.05) is 0 Å². The van der Waals surface area contributed by atoms with Crippen LogP contribution in [-0.2, 0) is 4.74 Å². The predicted octanol–water partition coefficient (Wildman–Crippen LogP) is 4.72. The first-order valence-electron chi connectivity index (χ1n) is 5.09. The molecule has 0 bridgehead atoms. The van der Waals surface area contributed by atoms with Gasteiger partial charge in [-0.15, -0.1) is 0 Å². The molecule has 0 aliphatic carbocycles. The fraction of sp³-hybridized carbons (Fsp3) is 1.00. The van der Waals surface area contributed by atoms with E-state index in [4.69, 9.17) is 0 Å². The molecule has 24 heavy (non-hydrogen) atoms. The van der Waals surface area contributed by atoms with Gasteiger partial charge in [-0.1, -0.05) is 0 Å². The zero-order valence-corrected chi connectivity index (χ0v) is 10.2. The van der Waals surface area contributed by atoms with Crippen molar-refractivity contribution in [3.05, 3.63) is 0 Å². The van der Waals surface area contributed by atoms with Gasteiger partial charge in [-0.05, 0) is 0 Å². The monoisotopic (exact) mass is 398 g/mol. The van der Waals surface area contributed by atoms with Gasteiger partial charge in [-0.3, -0.25) is 4.74 Å². The van der Waals surface area contributed by atoms with Gasteiger partial charge in [0.15, 0.2) is 0 Å². The Morgan fingerprint density at radius 1 is 0.458 bits per heavy atom. The maximum atomic E-state index is 12.9. The predicted molar refractivity (Wildman–Crippen MR) is 40.6 cm³/mol. The van der Waals surface area contributed by atoms with E-state index < -0.39 is 48.0 Å². The normalized spacial score (nSPS) is 35.4. The molecular weight excluding hydrogens is 397 g/mol. The second-order valence-electron chi connectivity index (χ2n) is 4.45. The van der Waals surface area contributed by atoms with Crippen LogP contribution in [0.5, 0.6) is 0 Å². The van der Waals surface area contributed by atoms with Gasteiger partial charge in [0, 0.05) is 0 Å². The molecule has 1 fully saturated rings. The molecule has 0 spiro atoms. The van der Waals surface area contributed by atoms with Crippen molar-refractivity contribution in [1.82, 2.24) is 0 Å². The molecule has 1 rings (SSSR count).